The highest BCUT2D eigenvalue weighted by Crippen LogP contribution is 2.36. The lowest BCUT2D eigenvalue weighted by molar-refractivity contribution is -0.118. The van der Waals surface area contributed by atoms with Crippen LogP contribution in [0.15, 0.2) is 33.9 Å². The monoisotopic (exact) mass is 432 g/mol. The topological polar surface area (TPSA) is 93.7 Å². The minimum Gasteiger partial charge on any atom is -0.495 e. The van der Waals surface area contributed by atoms with Crippen LogP contribution in [-0.4, -0.2) is 34.6 Å². The van der Waals surface area contributed by atoms with Gasteiger partial charge < -0.3 is 14.8 Å². The predicted molar refractivity (Wildman–Crippen MR) is 106 cm³/mol. The van der Waals surface area contributed by atoms with Crippen LogP contribution in [0.5, 0.6) is 11.5 Å². The van der Waals surface area contributed by atoms with Crippen molar-refractivity contribution in [2.24, 2.45) is 5.92 Å². The number of benzene rings is 1. The third kappa shape index (κ3) is 5.13. The number of nitrogens with one attached hydrogen (secondary N) is 2. The molecule has 0 aliphatic carbocycles. The molecule has 7 nitrogen and oxygen atoms in total. The van der Waals surface area contributed by atoms with E-state index in [0.29, 0.717) is 17.2 Å². The maximum Gasteiger partial charge on any atom is 0.250 e. The number of hydrogen-bond donors (Lipinski definition) is 2. The van der Waals surface area contributed by atoms with Gasteiger partial charge in [0.15, 0.2) is 0 Å². The molecule has 2 rings (SSSR count). The molecule has 0 aliphatic rings. The van der Waals surface area contributed by atoms with Gasteiger partial charge in [0.05, 0.1) is 24.9 Å². The van der Waals surface area contributed by atoms with E-state index < -0.39 is 22.0 Å². The van der Waals surface area contributed by atoms with E-state index in [9.17, 15) is 13.2 Å². The number of rotatable bonds is 8. The highest BCUT2D eigenvalue weighted by Gasteiger charge is 2.29. The second-order valence-corrected chi connectivity index (χ2v) is 9.25. The molecule has 2 aromatic rings. The number of carbonyl (C=O) groups excluding carboxylic acids is 1. The van der Waals surface area contributed by atoms with E-state index in [1.54, 1.807) is 25.3 Å². The first-order valence-electron chi connectivity index (χ1n) is 7.97. The number of halogens is 1. The molecule has 1 heterocycles. The maximum absolute atomic E-state index is 12.8. The van der Waals surface area contributed by atoms with E-state index in [1.807, 2.05) is 0 Å². The van der Waals surface area contributed by atoms with Crippen molar-refractivity contribution in [2.45, 2.75) is 24.1 Å². The summed E-state index contributed by atoms with van der Waals surface area (Å²) in [5.41, 5.74) is 0.314. The van der Waals surface area contributed by atoms with Gasteiger partial charge in [0.2, 0.25) is 5.91 Å². The SMILES string of the molecule is COc1cc(OC)c(NC(=O)[C@H](NS(=O)(=O)c2cccs2)C(C)C)cc1Cl. The van der Waals surface area contributed by atoms with Gasteiger partial charge in [-0.15, -0.1) is 11.3 Å². The summed E-state index contributed by atoms with van der Waals surface area (Å²) in [5, 5.41) is 4.62. The van der Waals surface area contributed by atoms with Crippen molar-refractivity contribution in [2.75, 3.05) is 19.5 Å². The highest BCUT2D eigenvalue weighted by atomic mass is 35.5. The van der Waals surface area contributed by atoms with Gasteiger partial charge in [0.25, 0.3) is 10.0 Å². The van der Waals surface area contributed by atoms with Gasteiger partial charge in [-0.1, -0.05) is 31.5 Å². The molecule has 0 radical (unpaired) electrons. The predicted octanol–water partition coefficient (Wildman–Crippen LogP) is 3.36. The molecule has 10 heteroatoms. The van der Waals surface area contributed by atoms with Gasteiger partial charge in [-0.25, -0.2) is 8.42 Å². The summed E-state index contributed by atoms with van der Waals surface area (Å²) < 4.78 is 38.0. The summed E-state index contributed by atoms with van der Waals surface area (Å²) in [6.07, 6.45) is 0. The Bertz CT molecular complexity index is 898. The number of anilines is 1. The lowest BCUT2D eigenvalue weighted by Gasteiger charge is -2.22. The third-order valence-corrected chi connectivity index (χ3v) is 6.86. The molecular weight excluding hydrogens is 412 g/mol. The minimum atomic E-state index is -3.80. The standard InChI is InChI=1S/C17H21ClN2O5S2/c1-10(2)16(20-27(22,23)15-6-5-7-26-15)17(21)19-12-8-11(18)13(24-3)9-14(12)25-4/h5-10,16,20H,1-4H3,(H,19,21)/t16-/m1/s1. The number of carbonyl (C=O) groups is 1. The van der Waals surface area contributed by atoms with E-state index in [2.05, 4.69) is 10.0 Å². The molecule has 27 heavy (non-hydrogen) atoms. The number of methoxy groups -OCH3 is 2. The Morgan fingerprint density at radius 1 is 1.19 bits per heavy atom. The van der Waals surface area contributed by atoms with Crippen LogP contribution in [0, 0.1) is 5.92 Å². The Labute approximate surface area is 167 Å². The molecule has 0 saturated carbocycles. The zero-order valence-corrected chi connectivity index (χ0v) is 17.7. The quantitative estimate of drug-likeness (QED) is 0.667. The first-order valence-corrected chi connectivity index (χ1v) is 10.7. The molecule has 0 saturated heterocycles. The van der Waals surface area contributed by atoms with Crippen molar-refractivity contribution in [3.05, 3.63) is 34.7 Å². The van der Waals surface area contributed by atoms with Gasteiger partial charge in [0.1, 0.15) is 21.8 Å². The highest BCUT2D eigenvalue weighted by molar-refractivity contribution is 7.91. The van der Waals surface area contributed by atoms with Crippen molar-refractivity contribution in [1.82, 2.24) is 4.72 Å². The number of thiophene rings is 1. The first kappa shape index (κ1) is 21.5. The molecule has 1 amide bonds. The van der Waals surface area contributed by atoms with Gasteiger partial charge in [-0.2, -0.15) is 4.72 Å². The Balaban J connectivity index is 2.27. The first-order chi connectivity index (χ1) is 12.7. The fourth-order valence-electron chi connectivity index (χ4n) is 2.30. The van der Waals surface area contributed by atoms with Gasteiger partial charge in [-0.3, -0.25) is 4.79 Å². The molecule has 0 fully saturated rings. The second-order valence-electron chi connectivity index (χ2n) is 5.95. The van der Waals surface area contributed by atoms with Crippen molar-refractivity contribution >= 4 is 44.6 Å². The lowest BCUT2D eigenvalue weighted by atomic mass is 10.0. The van der Waals surface area contributed by atoms with E-state index in [0.717, 1.165) is 11.3 Å². The van der Waals surface area contributed by atoms with Gasteiger partial charge in [-0.05, 0) is 23.4 Å². The van der Waals surface area contributed by atoms with Crippen molar-refractivity contribution in [1.29, 1.82) is 0 Å². The molecule has 1 aromatic heterocycles. The van der Waals surface area contributed by atoms with Crippen LogP contribution in [0.4, 0.5) is 5.69 Å². The number of sulfonamides is 1. The average Bonchev–Trinajstić information content (AvgIpc) is 3.15. The summed E-state index contributed by atoms with van der Waals surface area (Å²) >= 11 is 7.19. The summed E-state index contributed by atoms with van der Waals surface area (Å²) in [6, 6.07) is 5.16. The molecule has 0 bridgehead atoms. The summed E-state index contributed by atoms with van der Waals surface area (Å²) in [4.78, 5) is 12.8. The minimum absolute atomic E-state index is 0.144. The lowest BCUT2D eigenvalue weighted by Crippen LogP contribution is -2.46. The van der Waals surface area contributed by atoms with Gasteiger partial charge >= 0.3 is 0 Å². The van der Waals surface area contributed by atoms with Crippen LogP contribution >= 0.6 is 22.9 Å². The Kier molecular flexibility index (Phi) is 7.10. The van der Waals surface area contributed by atoms with E-state index in [1.165, 1.54) is 32.4 Å². The smallest absolute Gasteiger partial charge is 0.250 e. The molecule has 0 spiro atoms. The third-order valence-electron chi connectivity index (χ3n) is 3.72. The van der Waals surface area contributed by atoms with Crippen LogP contribution in [-0.2, 0) is 14.8 Å². The fraction of sp³-hybridized carbons (Fsp3) is 0.353. The molecule has 0 unspecified atom stereocenters. The largest absolute Gasteiger partial charge is 0.495 e. The zero-order chi connectivity index (χ0) is 20.2. The summed E-state index contributed by atoms with van der Waals surface area (Å²) in [7, 11) is -0.895. The van der Waals surface area contributed by atoms with Crippen LogP contribution in [0.2, 0.25) is 5.02 Å². The summed E-state index contributed by atoms with van der Waals surface area (Å²) in [6.45, 7) is 3.50. The molecule has 1 aromatic carbocycles. The summed E-state index contributed by atoms with van der Waals surface area (Å²) in [5.74, 6) is -0.0809. The zero-order valence-electron chi connectivity index (χ0n) is 15.3. The Hall–Kier alpha value is -1.81. The van der Waals surface area contributed by atoms with Gasteiger partial charge in [0, 0.05) is 6.07 Å². The maximum atomic E-state index is 12.8. The van der Waals surface area contributed by atoms with Crippen molar-refractivity contribution < 1.29 is 22.7 Å². The average molecular weight is 433 g/mol. The van der Waals surface area contributed by atoms with Crippen molar-refractivity contribution in [3.8, 4) is 11.5 Å². The molecule has 0 aliphatic heterocycles. The normalized spacial score (nSPS) is 12.7. The molecule has 2 N–H and O–H groups in total. The van der Waals surface area contributed by atoms with Crippen LogP contribution in [0.25, 0.3) is 0 Å². The molecule has 1 atom stereocenters. The number of amides is 1. The molecular formula is C17H21ClN2O5S2. The fourth-order valence-corrected chi connectivity index (χ4v) is 4.90. The number of ether oxygens (including phenoxy) is 2. The van der Waals surface area contributed by atoms with Crippen molar-refractivity contribution in [3.63, 3.8) is 0 Å². The Morgan fingerprint density at radius 3 is 2.37 bits per heavy atom. The van der Waals surface area contributed by atoms with Crippen LogP contribution in [0.3, 0.4) is 0 Å². The van der Waals surface area contributed by atoms with E-state index in [-0.39, 0.29) is 15.1 Å². The Morgan fingerprint density at radius 2 is 1.85 bits per heavy atom. The van der Waals surface area contributed by atoms with Crippen LogP contribution in [0.1, 0.15) is 13.8 Å². The van der Waals surface area contributed by atoms with Crippen LogP contribution < -0.4 is 19.5 Å². The van der Waals surface area contributed by atoms with E-state index in [4.69, 9.17) is 21.1 Å². The second kappa shape index (κ2) is 8.92. The number of hydrogen-bond acceptors (Lipinski definition) is 6. The molecule has 148 valence electrons. The van der Waals surface area contributed by atoms with E-state index >= 15 is 0 Å².